The van der Waals surface area contributed by atoms with Crippen LogP contribution in [0, 0.1) is 0 Å². The number of nitrogens with zero attached hydrogens (tertiary/aromatic N) is 1. The van der Waals surface area contributed by atoms with Gasteiger partial charge in [-0.25, -0.2) is 0 Å². The topological polar surface area (TPSA) is 49.4 Å². The molecule has 1 saturated heterocycles. The van der Waals surface area contributed by atoms with Crippen molar-refractivity contribution in [1.82, 2.24) is 10.2 Å². The lowest BCUT2D eigenvalue weighted by Crippen LogP contribution is -2.37. The Labute approximate surface area is 126 Å². The van der Waals surface area contributed by atoms with E-state index in [9.17, 15) is 9.59 Å². The summed E-state index contributed by atoms with van der Waals surface area (Å²) in [4.78, 5) is 24.8. The van der Waals surface area contributed by atoms with E-state index < -0.39 is 0 Å². The summed E-state index contributed by atoms with van der Waals surface area (Å²) >= 11 is 0. The summed E-state index contributed by atoms with van der Waals surface area (Å²) in [6, 6.07) is 8.37. The molecule has 0 aromatic heterocycles. The molecule has 1 aliphatic rings. The normalized spacial score (nSPS) is 17.4. The van der Waals surface area contributed by atoms with Gasteiger partial charge in [0.05, 0.1) is 6.04 Å². The second-order valence-electron chi connectivity index (χ2n) is 6.61. The van der Waals surface area contributed by atoms with E-state index in [0.29, 0.717) is 19.4 Å². The Morgan fingerprint density at radius 1 is 1.10 bits per heavy atom. The van der Waals surface area contributed by atoms with Crippen LogP contribution in [0.1, 0.15) is 50.8 Å². The third kappa shape index (κ3) is 3.50. The Hall–Kier alpha value is -1.68. The summed E-state index contributed by atoms with van der Waals surface area (Å²) in [5, 5.41) is 3.20. The summed E-state index contributed by atoms with van der Waals surface area (Å²) in [7, 11) is 1.85. The van der Waals surface area contributed by atoms with E-state index in [1.54, 1.807) is 0 Å². The molecule has 21 heavy (non-hydrogen) atoms. The van der Waals surface area contributed by atoms with Crippen LogP contribution in [0.25, 0.3) is 0 Å². The molecule has 114 valence electrons. The number of amides is 2. The highest BCUT2D eigenvalue weighted by Crippen LogP contribution is 2.25. The third-order valence-corrected chi connectivity index (χ3v) is 4.05. The third-order valence-electron chi connectivity index (χ3n) is 4.05. The first-order chi connectivity index (χ1) is 9.82. The van der Waals surface area contributed by atoms with E-state index in [0.717, 1.165) is 5.56 Å². The fourth-order valence-electron chi connectivity index (χ4n) is 2.59. The van der Waals surface area contributed by atoms with Crippen molar-refractivity contribution in [2.24, 2.45) is 0 Å². The zero-order valence-corrected chi connectivity index (χ0v) is 13.3. The van der Waals surface area contributed by atoms with Gasteiger partial charge in [-0.05, 0) is 23.6 Å². The van der Waals surface area contributed by atoms with Gasteiger partial charge < -0.3 is 5.32 Å². The molecule has 1 fully saturated rings. The first-order valence-electron chi connectivity index (χ1n) is 7.44. The van der Waals surface area contributed by atoms with Crippen molar-refractivity contribution in [2.45, 2.75) is 45.1 Å². The summed E-state index contributed by atoms with van der Waals surface area (Å²) < 4.78 is 0. The van der Waals surface area contributed by atoms with Crippen molar-refractivity contribution in [3.05, 3.63) is 35.4 Å². The van der Waals surface area contributed by atoms with Gasteiger partial charge in [-0.1, -0.05) is 45.0 Å². The predicted molar refractivity (Wildman–Crippen MR) is 82.9 cm³/mol. The van der Waals surface area contributed by atoms with Crippen LogP contribution in [0.2, 0.25) is 0 Å². The van der Waals surface area contributed by atoms with Gasteiger partial charge in [0, 0.05) is 19.4 Å². The molecule has 1 aliphatic heterocycles. The quantitative estimate of drug-likeness (QED) is 0.866. The van der Waals surface area contributed by atoms with Crippen molar-refractivity contribution >= 4 is 11.8 Å². The number of rotatable bonds is 4. The van der Waals surface area contributed by atoms with Gasteiger partial charge in [-0.3, -0.25) is 14.5 Å². The van der Waals surface area contributed by atoms with Crippen LogP contribution in [0.5, 0.6) is 0 Å². The van der Waals surface area contributed by atoms with Crippen LogP contribution in [-0.2, 0) is 15.0 Å². The van der Waals surface area contributed by atoms with Crippen molar-refractivity contribution in [2.75, 3.05) is 13.6 Å². The highest BCUT2D eigenvalue weighted by molar-refractivity contribution is 6.01. The minimum Gasteiger partial charge on any atom is -0.312 e. The van der Waals surface area contributed by atoms with Crippen LogP contribution in [0.3, 0.4) is 0 Å². The molecule has 1 heterocycles. The Bertz CT molecular complexity index is 513. The highest BCUT2D eigenvalue weighted by Gasteiger charge is 2.30. The molecule has 4 heteroatoms. The zero-order valence-electron chi connectivity index (χ0n) is 13.3. The maximum atomic E-state index is 11.7. The van der Waals surface area contributed by atoms with E-state index in [4.69, 9.17) is 0 Å². The Morgan fingerprint density at radius 3 is 2.05 bits per heavy atom. The lowest BCUT2D eigenvalue weighted by molar-refractivity contribution is -0.138. The zero-order chi connectivity index (χ0) is 15.6. The first-order valence-corrected chi connectivity index (χ1v) is 7.44. The van der Waals surface area contributed by atoms with Gasteiger partial charge >= 0.3 is 0 Å². The molecule has 1 aromatic carbocycles. The minimum atomic E-state index is -0.0634. The maximum absolute atomic E-state index is 11.7. The smallest absolute Gasteiger partial charge is 0.229 e. The van der Waals surface area contributed by atoms with Gasteiger partial charge in [0.1, 0.15) is 0 Å². The van der Waals surface area contributed by atoms with Crippen molar-refractivity contribution in [3.8, 4) is 0 Å². The number of likely N-dealkylation sites (N-methyl/N-ethyl adjacent to an activating group) is 1. The number of imide groups is 1. The first kappa shape index (κ1) is 15.7. The van der Waals surface area contributed by atoms with Gasteiger partial charge in [-0.15, -0.1) is 0 Å². The van der Waals surface area contributed by atoms with Crippen molar-refractivity contribution in [3.63, 3.8) is 0 Å². The molecule has 1 N–H and O–H groups in total. The Balaban J connectivity index is 2.14. The molecule has 1 atom stereocenters. The average Bonchev–Trinajstić information content (AvgIpc) is 2.75. The number of hydrogen-bond acceptors (Lipinski definition) is 3. The number of carbonyl (C=O) groups is 2. The number of benzene rings is 1. The Kier molecular flexibility index (Phi) is 4.47. The van der Waals surface area contributed by atoms with Crippen LogP contribution in [-0.4, -0.2) is 30.3 Å². The van der Waals surface area contributed by atoms with E-state index in [1.807, 2.05) is 7.05 Å². The van der Waals surface area contributed by atoms with E-state index in [1.165, 1.54) is 10.5 Å². The predicted octanol–water partition coefficient (Wildman–Crippen LogP) is 2.39. The largest absolute Gasteiger partial charge is 0.312 e. The fraction of sp³-hybridized carbons (Fsp3) is 0.529. The molecule has 1 unspecified atom stereocenters. The standard InChI is InChI=1S/C17H24N2O2/c1-17(2,3)13-7-5-12(6-8-13)14(18-4)11-19-15(20)9-10-16(19)21/h5-8,14,18H,9-11H2,1-4H3. The van der Waals surface area contributed by atoms with Gasteiger partial charge in [-0.2, -0.15) is 0 Å². The van der Waals surface area contributed by atoms with Crippen LogP contribution in [0.15, 0.2) is 24.3 Å². The minimum absolute atomic E-state index is 0.0231. The molecule has 0 saturated carbocycles. The number of nitrogens with one attached hydrogen (secondary N) is 1. The van der Waals surface area contributed by atoms with E-state index >= 15 is 0 Å². The maximum Gasteiger partial charge on any atom is 0.229 e. The SMILES string of the molecule is CNC(CN1C(=O)CCC1=O)c1ccc(C(C)(C)C)cc1. The summed E-state index contributed by atoms with van der Waals surface area (Å²) in [6.07, 6.45) is 0.691. The Morgan fingerprint density at radius 2 is 1.62 bits per heavy atom. The molecule has 0 radical (unpaired) electrons. The number of hydrogen-bond donors (Lipinski definition) is 1. The van der Waals surface area contributed by atoms with Crippen LogP contribution >= 0.6 is 0 Å². The molecular formula is C17H24N2O2. The highest BCUT2D eigenvalue weighted by atomic mass is 16.2. The summed E-state index contributed by atoms with van der Waals surface area (Å²) in [6.45, 7) is 6.94. The van der Waals surface area contributed by atoms with Crippen molar-refractivity contribution < 1.29 is 9.59 Å². The lowest BCUT2D eigenvalue weighted by atomic mass is 9.86. The van der Waals surface area contributed by atoms with E-state index in [-0.39, 0.29) is 23.3 Å². The van der Waals surface area contributed by atoms with Gasteiger partial charge in [0.2, 0.25) is 11.8 Å². The number of carbonyl (C=O) groups excluding carboxylic acids is 2. The summed E-state index contributed by atoms with van der Waals surface area (Å²) in [5.41, 5.74) is 2.49. The summed E-state index contributed by atoms with van der Waals surface area (Å²) in [5.74, 6) is -0.127. The molecule has 0 bridgehead atoms. The molecule has 1 aromatic rings. The van der Waals surface area contributed by atoms with E-state index in [2.05, 4.69) is 50.4 Å². The molecule has 4 nitrogen and oxygen atoms in total. The fourth-order valence-corrected chi connectivity index (χ4v) is 2.59. The monoisotopic (exact) mass is 288 g/mol. The van der Waals surface area contributed by atoms with Crippen LogP contribution in [0.4, 0.5) is 0 Å². The van der Waals surface area contributed by atoms with Gasteiger partial charge in [0.25, 0.3) is 0 Å². The molecule has 0 aliphatic carbocycles. The van der Waals surface area contributed by atoms with Crippen molar-refractivity contribution in [1.29, 1.82) is 0 Å². The van der Waals surface area contributed by atoms with Gasteiger partial charge in [0.15, 0.2) is 0 Å². The van der Waals surface area contributed by atoms with Crippen LogP contribution < -0.4 is 5.32 Å². The molecule has 2 amide bonds. The number of likely N-dealkylation sites (tertiary alicyclic amines) is 1. The average molecular weight is 288 g/mol. The lowest BCUT2D eigenvalue weighted by Gasteiger charge is -2.24. The molecular weight excluding hydrogens is 264 g/mol. The molecule has 2 rings (SSSR count). The molecule has 0 spiro atoms. The second kappa shape index (κ2) is 5.98. The second-order valence-corrected chi connectivity index (χ2v) is 6.61.